The fourth-order valence-corrected chi connectivity index (χ4v) is 2.76. The molecule has 0 aromatic heterocycles. The molecule has 2 rings (SSSR count). The van der Waals surface area contributed by atoms with Crippen LogP contribution in [0.5, 0.6) is 0 Å². The molecule has 0 unspecified atom stereocenters. The van der Waals surface area contributed by atoms with Gasteiger partial charge in [-0.05, 0) is 37.7 Å². The van der Waals surface area contributed by atoms with Crippen LogP contribution in [0, 0.1) is 5.82 Å². The maximum atomic E-state index is 14.4. The predicted molar refractivity (Wildman–Crippen MR) is 105 cm³/mol. The number of hydrogen-bond donors (Lipinski definition) is 2. The highest BCUT2D eigenvalue weighted by molar-refractivity contribution is 7.80. The van der Waals surface area contributed by atoms with Crippen LogP contribution in [0.1, 0.15) is 38.7 Å². The predicted octanol–water partition coefficient (Wildman–Crippen LogP) is 3.04. The van der Waals surface area contributed by atoms with Gasteiger partial charge in [0.1, 0.15) is 5.82 Å². The molecular formula is C18H27FN4OS. The van der Waals surface area contributed by atoms with E-state index < -0.39 is 0 Å². The fraction of sp³-hybridized carbons (Fsp3) is 0.556. The van der Waals surface area contributed by atoms with Crippen LogP contribution in [0.25, 0.3) is 0 Å². The Morgan fingerprint density at radius 1 is 1.32 bits per heavy atom. The number of anilines is 1. The van der Waals surface area contributed by atoms with Gasteiger partial charge in [-0.3, -0.25) is 5.43 Å². The lowest BCUT2D eigenvalue weighted by Gasteiger charge is -2.29. The number of hydrogen-bond acceptors (Lipinski definition) is 4. The number of ether oxygens (including phenoxy) is 1. The van der Waals surface area contributed by atoms with E-state index in [9.17, 15) is 4.39 Å². The molecule has 0 radical (unpaired) electrons. The van der Waals surface area contributed by atoms with Crippen molar-refractivity contribution in [3.8, 4) is 0 Å². The zero-order valence-corrected chi connectivity index (χ0v) is 15.8. The van der Waals surface area contributed by atoms with Crippen LogP contribution in [0.2, 0.25) is 0 Å². The lowest BCUT2D eigenvalue weighted by atomic mass is 10.1. The van der Waals surface area contributed by atoms with Gasteiger partial charge in [-0.15, -0.1) is 0 Å². The van der Waals surface area contributed by atoms with Crippen LogP contribution in [-0.4, -0.2) is 43.7 Å². The Balaban J connectivity index is 1.91. The van der Waals surface area contributed by atoms with Crippen LogP contribution in [0.3, 0.4) is 0 Å². The highest BCUT2D eigenvalue weighted by atomic mass is 32.1. The standard InChI is InChI=1S/C18H27FN4OS/c1-3-4-5-8-20-18(25)22-21-14(2)15-6-7-17(16(19)13-15)23-9-11-24-12-10-23/h6-7,13H,3-5,8-12H2,1-2H3,(H2,20,22,25)/b21-14-. The van der Waals surface area contributed by atoms with E-state index in [0.717, 1.165) is 18.5 Å². The van der Waals surface area contributed by atoms with E-state index in [4.69, 9.17) is 17.0 Å². The summed E-state index contributed by atoms with van der Waals surface area (Å²) < 4.78 is 19.7. The SMILES string of the molecule is CCCCCNC(=S)N/N=C(/C)c1ccc(N2CCOCC2)c(F)c1. The fourth-order valence-electron chi connectivity index (χ4n) is 2.61. The van der Waals surface area contributed by atoms with E-state index in [-0.39, 0.29) is 5.82 Å². The molecule has 138 valence electrons. The number of morpholine rings is 1. The van der Waals surface area contributed by atoms with Gasteiger partial charge in [0.25, 0.3) is 0 Å². The Labute approximate surface area is 154 Å². The maximum Gasteiger partial charge on any atom is 0.186 e. The minimum Gasteiger partial charge on any atom is -0.378 e. The highest BCUT2D eigenvalue weighted by Gasteiger charge is 2.15. The molecule has 0 saturated carbocycles. The van der Waals surface area contributed by atoms with Crippen molar-refractivity contribution in [3.05, 3.63) is 29.6 Å². The summed E-state index contributed by atoms with van der Waals surface area (Å²) in [5, 5.41) is 7.83. The van der Waals surface area contributed by atoms with E-state index in [2.05, 4.69) is 22.8 Å². The molecule has 1 aromatic carbocycles. The third-order valence-electron chi connectivity index (χ3n) is 4.11. The largest absolute Gasteiger partial charge is 0.378 e. The van der Waals surface area contributed by atoms with Crippen molar-refractivity contribution in [2.75, 3.05) is 37.7 Å². The van der Waals surface area contributed by atoms with Gasteiger partial charge >= 0.3 is 0 Å². The Kier molecular flexibility index (Phi) is 8.08. The molecule has 1 heterocycles. The first-order chi connectivity index (χ1) is 12.1. The van der Waals surface area contributed by atoms with Gasteiger partial charge in [0.2, 0.25) is 0 Å². The minimum atomic E-state index is -0.241. The first kappa shape index (κ1) is 19.6. The van der Waals surface area contributed by atoms with E-state index >= 15 is 0 Å². The molecule has 0 bridgehead atoms. The van der Waals surface area contributed by atoms with Crippen LogP contribution in [-0.2, 0) is 4.74 Å². The van der Waals surface area contributed by atoms with Gasteiger partial charge < -0.3 is 15.0 Å². The van der Waals surface area contributed by atoms with Crippen molar-refractivity contribution in [3.63, 3.8) is 0 Å². The number of benzene rings is 1. The topological polar surface area (TPSA) is 48.9 Å². The molecule has 2 N–H and O–H groups in total. The van der Waals surface area contributed by atoms with Crippen molar-refractivity contribution in [2.45, 2.75) is 33.1 Å². The second kappa shape index (κ2) is 10.3. The quantitative estimate of drug-likeness (QED) is 0.336. The monoisotopic (exact) mass is 366 g/mol. The Morgan fingerprint density at radius 2 is 2.08 bits per heavy atom. The van der Waals surface area contributed by atoms with Crippen molar-refractivity contribution < 1.29 is 9.13 Å². The van der Waals surface area contributed by atoms with Crippen LogP contribution >= 0.6 is 12.2 Å². The van der Waals surface area contributed by atoms with Gasteiger partial charge in [0.05, 0.1) is 24.6 Å². The van der Waals surface area contributed by atoms with E-state index in [1.807, 2.05) is 17.9 Å². The molecule has 1 aromatic rings. The summed E-state index contributed by atoms with van der Waals surface area (Å²) in [5.74, 6) is -0.241. The van der Waals surface area contributed by atoms with Gasteiger partial charge in [-0.25, -0.2) is 4.39 Å². The number of unbranched alkanes of at least 4 members (excludes halogenated alkanes) is 2. The third kappa shape index (κ3) is 6.25. The summed E-state index contributed by atoms with van der Waals surface area (Å²) in [5.41, 5.74) is 4.84. The Bertz CT molecular complexity index is 603. The third-order valence-corrected chi connectivity index (χ3v) is 4.34. The minimum absolute atomic E-state index is 0.241. The van der Waals surface area contributed by atoms with Crippen LogP contribution < -0.4 is 15.6 Å². The average Bonchev–Trinajstić information content (AvgIpc) is 2.64. The summed E-state index contributed by atoms with van der Waals surface area (Å²) in [6.07, 6.45) is 3.42. The van der Waals surface area contributed by atoms with E-state index in [0.29, 0.717) is 42.8 Å². The first-order valence-electron chi connectivity index (χ1n) is 8.82. The average molecular weight is 367 g/mol. The highest BCUT2D eigenvalue weighted by Crippen LogP contribution is 2.21. The summed E-state index contributed by atoms with van der Waals surface area (Å²) >= 11 is 5.18. The number of rotatable bonds is 7. The molecule has 0 atom stereocenters. The molecule has 0 aliphatic carbocycles. The number of halogens is 1. The van der Waals surface area contributed by atoms with Crippen molar-refractivity contribution >= 4 is 28.7 Å². The number of hydrazone groups is 1. The zero-order valence-electron chi connectivity index (χ0n) is 15.0. The van der Waals surface area contributed by atoms with Gasteiger partial charge in [0, 0.05) is 25.2 Å². The number of nitrogens with one attached hydrogen (secondary N) is 2. The van der Waals surface area contributed by atoms with Gasteiger partial charge in [-0.2, -0.15) is 5.10 Å². The molecule has 1 fully saturated rings. The first-order valence-corrected chi connectivity index (χ1v) is 9.23. The molecule has 1 aliphatic rings. The second-order valence-electron chi connectivity index (χ2n) is 6.04. The molecule has 1 aliphatic heterocycles. The van der Waals surface area contributed by atoms with Gasteiger partial charge in [0.15, 0.2) is 5.11 Å². The van der Waals surface area contributed by atoms with Gasteiger partial charge in [-0.1, -0.05) is 25.8 Å². The van der Waals surface area contributed by atoms with Crippen molar-refractivity contribution in [1.82, 2.24) is 10.7 Å². The normalized spacial score (nSPS) is 15.2. The molecular weight excluding hydrogens is 339 g/mol. The number of nitrogens with zero attached hydrogens (tertiary/aromatic N) is 2. The lowest BCUT2D eigenvalue weighted by Crippen LogP contribution is -2.36. The number of thiocarbonyl (C=S) groups is 1. The molecule has 5 nitrogen and oxygen atoms in total. The summed E-state index contributed by atoms with van der Waals surface area (Å²) in [7, 11) is 0. The molecule has 25 heavy (non-hydrogen) atoms. The molecule has 0 spiro atoms. The Morgan fingerprint density at radius 3 is 2.76 bits per heavy atom. The van der Waals surface area contributed by atoms with Crippen LogP contribution in [0.4, 0.5) is 10.1 Å². The Hall–Kier alpha value is -1.73. The zero-order chi connectivity index (χ0) is 18.1. The van der Waals surface area contributed by atoms with E-state index in [1.54, 1.807) is 6.07 Å². The van der Waals surface area contributed by atoms with Crippen molar-refractivity contribution in [1.29, 1.82) is 0 Å². The maximum absolute atomic E-state index is 14.4. The van der Waals surface area contributed by atoms with E-state index in [1.165, 1.54) is 18.9 Å². The van der Waals surface area contributed by atoms with Crippen LogP contribution in [0.15, 0.2) is 23.3 Å². The summed E-state index contributed by atoms with van der Waals surface area (Å²) in [4.78, 5) is 2.00. The lowest BCUT2D eigenvalue weighted by molar-refractivity contribution is 0.122. The molecule has 1 saturated heterocycles. The second-order valence-corrected chi connectivity index (χ2v) is 6.45. The van der Waals surface area contributed by atoms with Crippen molar-refractivity contribution in [2.24, 2.45) is 5.10 Å². The smallest absolute Gasteiger partial charge is 0.186 e. The molecule has 0 amide bonds. The molecule has 7 heteroatoms. The summed E-state index contributed by atoms with van der Waals surface area (Å²) in [6.45, 7) is 7.51. The summed E-state index contributed by atoms with van der Waals surface area (Å²) in [6, 6.07) is 5.20.